The van der Waals surface area contributed by atoms with Crippen LogP contribution in [0.1, 0.15) is 26.7 Å². The highest BCUT2D eigenvalue weighted by Crippen LogP contribution is 2.28. The van der Waals surface area contributed by atoms with Gasteiger partial charge in [0.1, 0.15) is 5.75 Å². The van der Waals surface area contributed by atoms with Crippen LogP contribution in [0.4, 0.5) is 11.4 Å². The van der Waals surface area contributed by atoms with Crippen LogP contribution in [-0.2, 0) is 4.79 Å². The molecule has 0 bridgehead atoms. The zero-order valence-corrected chi connectivity index (χ0v) is 13.8. The molecule has 1 amide bonds. The molecule has 1 fully saturated rings. The molecule has 1 aliphatic rings. The van der Waals surface area contributed by atoms with E-state index in [1.165, 1.54) is 36.6 Å². The number of methoxy groups -OCH3 is 1. The van der Waals surface area contributed by atoms with Gasteiger partial charge in [0.2, 0.25) is 0 Å². The molecule has 1 aliphatic heterocycles. The minimum atomic E-state index is -0.490. The Balaban J connectivity index is 2.12. The summed E-state index contributed by atoms with van der Waals surface area (Å²) in [6.07, 6.45) is 2.32. The van der Waals surface area contributed by atoms with Gasteiger partial charge in [-0.05, 0) is 25.8 Å². The number of nitrogens with one attached hydrogen (secondary N) is 2. The topological polar surface area (TPSA) is 85.9 Å². The zero-order valence-electron chi connectivity index (χ0n) is 13.8. The third kappa shape index (κ3) is 4.19. The van der Waals surface area contributed by atoms with Crippen molar-refractivity contribution < 1.29 is 19.4 Å². The van der Waals surface area contributed by atoms with Gasteiger partial charge >= 0.3 is 0 Å². The van der Waals surface area contributed by atoms with Crippen LogP contribution in [0.3, 0.4) is 0 Å². The lowest BCUT2D eigenvalue weighted by Gasteiger charge is -2.31. The molecule has 1 heterocycles. The molecule has 126 valence electrons. The highest BCUT2D eigenvalue weighted by atomic mass is 16.6. The lowest BCUT2D eigenvalue weighted by molar-refractivity contribution is -0.922. The molecule has 2 rings (SSSR count). The maximum Gasteiger partial charge on any atom is 0.282 e. The molecule has 2 N–H and O–H groups in total. The average molecular weight is 322 g/mol. The summed E-state index contributed by atoms with van der Waals surface area (Å²) >= 11 is 0. The summed E-state index contributed by atoms with van der Waals surface area (Å²) in [6.45, 7) is 6.05. The molecule has 0 aromatic heterocycles. The Morgan fingerprint density at radius 2 is 2.26 bits per heavy atom. The third-order valence-corrected chi connectivity index (χ3v) is 4.46. The normalized spacial score (nSPS) is 22.2. The van der Waals surface area contributed by atoms with E-state index in [9.17, 15) is 14.9 Å². The zero-order chi connectivity index (χ0) is 17.0. The number of hydrogen-bond acceptors (Lipinski definition) is 4. The first kappa shape index (κ1) is 17.2. The molecule has 1 unspecified atom stereocenters. The van der Waals surface area contributed by atoms with E-state index >= 15 is 0 Å². The quantitative estimate of drug-likeness (QED) is 0.631. The number of anilines is 1. The van der Waals surface area contributed by atoms with E-state index in [2.05, 4.69) is 12.2 Å². The Morgan fingerprint density at radius 1 is 1.52 bits per heavy atom. The molecule has 3 atom stereocenters. The van der Waals surface area contributed by atoms with E-state index in [-0.39, 0.29) is 17.6 Å². The number of piperidine rings is 1. The number of ether oxygens (including phenoxy) is 1. The number of non-ortho nitro benzene ring substituents is 1. The fourth-order valence-electron chi connectivity index (χ4n) is 3.06. The summed E-state index contributed by atoms with van der Waals surface area (Å²) in [7, 11) is 1.47. The summed E-state index contributed by atoms with van der Waals surface area (Å²) in [5, 5.41) is 13.7. The molecule has 23 heavy (non-hydrogen) atoms. The molecule has 1 aromatic carbocycles. The first-order valence-electron chi connectivity index (χ1n) is 7.90. The molecule has 7 nitrogen and oxygen atoms in total. The summed E-state index contributed by atoms with van der Waals surface area (Å²) in [6, 6.07) is 3.98. The Kier molecular flexibility index (Phi) is 5.54. The molecule has 0 spiro atoms. The standard InChI is InChI=1S/C16H23N3O4/c1-11-5-4-8-18(10-11)12(2)16(20)17-14-9-13(19(21)22)6-7-15(14)23-3/h6-7,9,11-12H,4-5,8,10H2,1-3H3,(H,17,20)/p+1/t11-,12-/m0/s1. The van der Waals surface area contributed by atoms with Crippen molar-refractivity contribution in [1.82, 2.24) is 0 Å². The Hall–Kier alpha value is -2.15. The van der Waals surface area contributed by atoms with Crippen molar-refractivity contribution in [3.8, 4) is 5.75 Å². The molecule has 1 aromatic rings. The fraction of sp³-hybridized carbons (Fsp3) is 0.562. The smallest absolute Gasteiger partial charge is 0.282 e. The summed E-state index contributed by atoms with van der Waals surface area (Å²) in [5.41, 5.74) is 0.260. The molecule has 7 heteroatoms. The molecular weight excluding hydrogens is 298 g/mol. The summed E-state index contributed by atoms with van der Waals surface area (Å²) in [5.74, 6) is 0.882. The van der Waals surface area contributed by atoms with Crippen molar-refractivity contribution in [3.05, 3.63) is 28.3 Å². The number of carbonyl (C=O) groups excluding carboxylic acids is 1. The Bertz CT molecular complexity index is 591. The van der Waals surface area contributed by atoms with Gasteiger partial charge in [0.15, 0.2) is 6.04 Å². The highest BCUT2D eigenvalue weighted by Gasteiger charge is 2.30. The number of nitro groups is 1. The van der Waals surface area contributed by atoms with Crippen LogP contribution in [0.25, 0.3) is 0 Å². The van der Waals surface area contributed by atoms with E-state index < -0.39 is 4.92 Å². The van der Waals surface area contributed by atoms with Crippen LogP contribution in [0, 0.1) is 16.0 Å². The number of nitrogens with zero attached hydrogens (tertiary/aromatic N) is 1. The number of carbonyl (C=O) groups is 1. The number of likely N-dealkylation sites (tertiary alicyclic amines) is 1. The number of nitro benzene ring substituents is 1. The first-order valence-corrected chi connectivity index (χ1v) is 7.90. The van der Waals surface area contributed by atoms with E-state index in [1.54, 1.807) is 0 Å². The van der Waals surface area contributed by atoms with E-state index in [4.69, 9.17) is 4.74 Å². The highest BCUT2D eigenvalue weighted by molar-refractivity contribution is 5.95. The lowest BCUT2D eigenvalue weighted by atomic mass is 9.99. The minimum Gasteiger partial charge on any atom is -0.495 e. The third-order valence-electron chi connectivity index (χ3n) is 4.46. The molecule has 0 radical (unpaired) electrons. The van der Waals surface area contributed by atoms with Gasteiger partial charge in [-0.3, -0.25) is 14.9 Å². The number of hydrogen-bond donors (Lipinski definition) is 2. The molecular formula is C16H24N3O4+. The van der Waals surface area contributed by atoms with Crippen LogP contribution < -0.4 is 15.0 Å². The predicted octanol–water partition coefficient (Wildman–Crippen LogP) is 1.25. The van der Waals surface area contributed by atoms with Gasteiger partial charge in [0, 0.05) is 18.1 Å². The SMILES string of the molecule is COc1ccc([N+](=O)[O-])cc1NC(=O)[C@H](C)[NH+]1CCC[C@H](C)C1. The summed E-state index contributed by atoms with van der Waals surface area (Å²) in [4.78, 5) is 24.2. The number of benzene rings is 1. The second-order valence-electron chi connectivity index (χ2n) is 6.21. The van der Waals surface area contributed by atoms with Crippen molar-refractivity contribution in [2.24, 2.45) is 5.92 Å². The van der Waals surface area contributed by atoms with E-state index in [0.717, 1.165) is 19.5 Å². The minimum absolute atomic E-state index is 0.0762. The van der Waals surface area contributed by atoms with Crippen LogP contribution in [0.2, 0.25) is 0 Å². The Morgan fingerprint density at radius 3 is 2.87 bits per heavy atom. The number of amides is 1. The largest absolute Gasteiger partial charge is 0.495 e. The maximum atomic E-state index is 12.5. The van der Waals surface area contributed by atoms with Gasteiger partial charge in [0.05, 0.1) is 30.8 Å². The van der Waals surface area contributed by atoms with Crippen LogP contribution in [-0.4, -0.2) is 37.1 Å². The van der Waals surface area contributed by atoms with E-state index in [1.807, 2.05) is 6.92 Å². The number of quaternary nitrogens is 1. The second kappa shape index (κ2) is 7.41. The van der Waals surface area contributed by atoms with Crippen molar-refractivity contribution >= 4 is 17.3 Å². The second-order valence-corrected chi connectivity index (χ2v) is 6.21. The van der Waals surface area contributed by atoms with Crippen molar-refractivity contribution in [3.63, 3.8) is 0 Å². The van der Waals surface area contributed by atoms with Gasteiger partial charge in [-0.1, -0.05) is 6.92 Å². The van der Waals surface area contributed by atoms with Crippen molar-refractivity contribution in [2.45, 2.75) is 32.7 Å². The number of rotatable bonds is 5. The average Bonchev–Trinajstić information content (AvgIpc) is 2.53. The van der Waals surface area contributed by atoms with Gasteiger partial charge in [-0.15, -0.1) is 0 Å². The summed E-state index contributed by atoms with van der Waals surface area (Å²) < 4.78 is 5.18. The van der Waals surface area contributed by atoms with Gasteiger partial charge in [0.25, 0.3) is 11.6 Å². The van der Waals surface area contributed by atoms with Gasteiger partial charge in [-0.2, -0.15) is 0 Å². The Labute approximate surface area is 135 Å². The monoisotopic (exact) mass is 322 g/mol. The van der Waals surface area contributed by atoms with Crippen molar-refractivity contribution in [2.75, 3.05) is 25.5 Å². The first-order chi connectivity index (χ1) is 10.9. The van der Waals surface area contributed by atoms with Crippen LogP contribution in [0.5, 0.6) is 5.75 Å². The fourth-order valence-corrected chi connectivity index (χ4v) is 3.06. The van der Waals surface area contributed by atoms with E-state index in [0.29, 0.717) is 17.4 Å². The van der Waals surface area contributed by atoms with Crippen LogP contribution >= 0.6 is 0 Å². The van der Waals surface area contributed by atoms with Gasteiger partial charge < -0.3 is 15.0 Å². The van der Waals surface area contributed by atoms with Gasteiger partial charge in [-0.25, -0.2) is 0 Å². The molecule has 0 saturated carbocycles. The molecule has 1 saturated heterocycles. The van der Waals surface area contributed by atoms with Crippen LogP contribution in [0.15, 0.2) is 18.2 Å². The maximum absolute atomic E-state index is 12.5. The molecule has 0 aliphatic carbocycles. The van der Waals surface area contributed by atoms with Crippen molar-refractivity contribution in [1.29, 1.82) is 0 Å². The predicted molar refractivity (Wildman–Crippen MR) is 86.8 cm³/mol. The lowest BCUT2D eigenvalue weighted by Crippen LogP contribution is -3.17.